The van der Waals surface area contributed by atoms with Gasteiger partial charge in [-0.05, 0) is 71.3 Å². The van der Waals surface area contributed by atoms with Crippen molar-refractivity contribution in [2.24, 2.45) is 5.73 Å². The fourth-order valence-corrected chi connectivity index (χ4v) is 4.40. The first kappa shape index (κ1) is 19.4. The summed E-state index contributed by atoms with van der Waals surface area (Å²) in [5, 5.41) is 10.5. The second-order valence-corrected chi connectivity index (χ2v) is 8.43. The molecular formula is C25H23ClN2O. The molecule has 0 aromatic heterocycles. The Morgan fingerprint density at radius 2 is 1.79 bits per heavy atom. The highest BCUT2D eigenvalue weighted by Gasteiger charge is 2.34. The lowest BCUT2D eigenvalue weighted by Crippen LogP contribution is -2.21. The second kappa shape index (κ2) is 7.13. The second-order valence-electron chi connectivity index (χ2n) is 7.99. The minimum Gasteiger partial charge on any atom is -0.440 e. The van der Waals surface area contributed by atoms with E-state index < -0.39 is 0 Å². The van der Waals surface area contributed by atoms with Crippen LogP contribution in [0.3, 0.4) is 0 Å². The molecule has 1 aromatic rings. The molecule has 3 nitrogen and oxygen atoms in total. The van der Waals surface area contributed by atoms with Crippen LogP contribution in [0.5, 0.6) is 5.75 Å². The quantitative estimate of drug-likeness (QED) is 0.539. The predicted molar refractivity (Wildman–Crippen MR) is 117 cm³/mol. The molecular weight excluding hydrogens is 380 g/mol. The first-order valence-electron chi connectivity index (χ1n) is 9.72. The van der Waals surface area contributed by atoms with Crippen LogP contribution in [0.15, 0.2) is 53.9 Å². The number of ether oxygens (including phenoxy) is 1. The molecule has 0 radical (unpaired) electrons. The van der Waals surface area contributed by atoms with Crippen LogP contribution in [-0.2, 0) is 0 Å². The van der Waals surface area contributed by atoms with Gasteiger partial charge in [0.15, 0.2) is 0 Å². The number of nitriles is 1. The first-order valence-corrected chi connectivity index (χ1v) is 10.1. The summed E-state index contributed by atoms with van der Waals surface area (Å²) in [6, 6.07) is 16.5. The largest absolute Gasteiger partial charge is 0.440 e. The highest BCUT2D eigenvalue weighted by Crippen LogP contribution is 2.48. The van der Waals surface area contributed by atoms with E-state index in [2.05, 4.69) is 58.0 Å². The SMILES string of the molecule is Cc1cc(C2C(C#N)=C(N)Oc3ccc(Cl)cc32)c2c(C)ccc(C(C)C)cc1-2. The summed E-state index contributed by atoms with van der Waals surface area (Å²) >= 11 is 6.30. The van der Waals surface area contributed by atoms with Crippen LogP contribution in [0.4, 0.5) is 0 Å². The Hall–Kier alpha value is -2.96. The lowest BCUT2D eigenvalue weighted by atomic mass is 9.82. The van der Waals surface area contributed by atoms with Crippen molar-refractivity contribution in [3.8, 4) is 22.9 Å². The van der Waals surface area contributed by atoms with E-state index in [1.807, 2.05) is 12.1 Å². The molecule has 0 bridgehead atoms. The van der Waals surface area contributed by atoms with Crippen LogP contribution < -0.4 is 10.5 Å². The fourth-order valence-electron chi connectivity index (χ4n) is 4.22. The number of fused-ring (bicyclic) bond motifs is 2. The molecule has 4 heteroatoms. The van der Waals surface area contributed by atoms with E-state index in [0.29, 0.717) is 22.3 Å². The van der Waals surface area contributed by atoms with Gasteiger partial charge in [0.05, 0.1) is 5.92 Å². The maximum absolute atomic E-state index is 9.90. The number of benzene rings is 1. The summed E-state index contributed by atoms with van der Waals surface area (Å²) in [6.45, 7) is 8.63. The molecule has 29 heavy (non-hydrogen) atoms. The van der Waals surface area contributed by atoms with Crippen LogP contribution in [0.2, 0.25) is 5.02 Å². The Morgan fingerprint density at radius 3 is 2.48 bits per heavy atom. The van der Waals surface area contributed by atoms with Crippen LogP contribution in [-0.4, -0.2) is 0 Å². The average Bonchev–Trinajstić information content (AvgIpc) is 2.87. The molecule has 1 unspecified atom stereocenters. The van der Waals surface area contributed by atoms with Crippen molar-refractivity contribution in [2.45, 2.75) is 39.5 Å². The monoisotopic (exact) mass is 402 g/mol. The molecule has 0 saturated heterocycles. The van der Waals surface area contributed by atoms with Crippen LogP contribution in [0.1, 0.15) is 53.5 Å². The number of allylic oxidation sites excluding steroid dienone is 1. The summed E-state index contributed by atoms with van der Waals surface area (Å²) in [6.07, 6.45) is 0. The standard InChI is InChI=1S/C25H23ClN2O/c1-13(2)16-6-5-14(3)23-18(10-16)15(4)9-20(23)24-19-11-17(26)7-8-22(19)29-25(28)21(24)12-27/h5-11,13,24H,28H2,1-4H3. The lowest BCUT2D eigenvalue weighted by molar-refractivity contribution is 0.394. The molecule has 0 fully saturated rings. The first-order chi connectivity index (χ1) is 13.8. The van der Waals surface area contributed by atoms with E-state index in [1.165, 1.54) is 22.3 Å². The summed E-state index contributed by atoms with van der Waals surface area (Å²) < 4.78 is 5.74. The van der Waals surface area contributed by atoms with Crippen LogP contribution >= 0.6 is 11.6 Å². The van der Waals surface area contributed by atoms with Crippen molar-refractivity contribution in [3.05, 3.63) is 86.8 Å². The zero-order valence-electron chi connectivity index (χ0n) is 17.0. The number of nitrogens with two attached hydrogens (primary N) is 1. The van der Waals surface area contributed by atoms with Crippen LogP contribution in [0.25, 0.3) is 11.1 Å². The molecule has 1 atom stereocenters. The minimum atomic E-state index is -0.317. The zero-order chi connectivity index (χ0) is 20.9. The topological polar surface area (TPSA) is 59.0 Å². The van der Waals surface area contributed by atoms with E-state index in [9.17, 15) is 5.26 Å². The Balaban J connectivity index is 2.03. The lowest BCUT2D eigenvalue weighted by Gasteiger charge is -2.27. The van der Waals surface area contributed by atoms with Gasteiger partial charge >= 0.3 is 0 Å². The molecule has 0 spiro atoms. The normalized spacial score (nSPS) is 16.0. The van der Waals surface area contributed by atoms with E-state index in [-0.39, 0.29) is 11.8 Å². The maximum Gasteiger partial charge on any atom is 0.205 e. The molecule has 2 N–H and O–H groups in total. The van der Waals surface area contributed by atoms with Crippen molar-refractivity contribution >= 4 is 11.6 Å². The molecule has 2 aliphatic carbocycles. The maximum atomic E-state index is 9.90. The van der Waals surface area contributed by atoms with E-state index in [0.717, 1.165) is 16.7 Å². The summed E-state index contributed by atoms with van der Waals surface area (Å²) in [5.41, 5.74) is 14.5. The van der Waals surface area contributed by atoms with Gasteiger partial charge in [-0.1, -0.05) is 49.7 Å². The number of rotatable bonds is 2. The van der Waals surface area contributed by atoms with Gasteiger partial charge in [0.2, 0.25) is 5.88 Å². The van der Waals surface area contributed by atoms with Crippen LogP contribution in [0, 0.1) is 25.2 Å². The van der Waals surface area contributed by atoms with Crippen molar-refractivity contribution in [1.82, 2.24) is 0 Å². The Kier molecular flexibility index (Phi) is 4.76. The molecule has 0 amide bonds. The van der Waals surface area contributed by atoms with Gasteiger partial charge in [0.25, 0.3) is 0 Å². The van der Waals surface area contributed by atoms with E-state index in [4.69, 9.17) is 22.1 Å². The fraction of sp³-hybridized carbons (Fsp3) is 0.240. The van der Waals surface area contributed by atoms with Crippen molar-refractivity contribution in [1.29, 1.82) is 5.26 Å². The van der Waals surface area contributed by atoms with Crippen molar-refractivity contribution < 1.29 is 4.74 Å². The Morgan fingerprint density at radius 1 is 1.03 bits per heavy atom. The van der Waals surface area contributed by atoms with Gasteiger partial charge in [-0.3, -0.25) is 0 Å². The molecule has 146 valence electrons. The Bertz CT molecular complexity index is 1170. The highest BCUT2D eigenvalue weighted by atomic mass is 35.5. The Labute approximate surface area is 176 Å². The van der Waals surface area contributed by atoms with E-state index in [1.54, 1.807) is 6.07 Å². The van der Waals surface area contributed by atoms with Gasteiger partial charge in [-0.25, -0.2) is 0 Å². The third-order valence-electron chi connectivity index (χ3n) is 5.74. The minimum absolute atomic E-state index is 0.153. The third kappa shape index (κ3) is 3.14. The third-order valence-corrected chi connectivity index (χ3v) is 5.98. The van der Waals surface area contributed by atoms with Gasteiger partial charge in [0.1, 0.15) is 17.4 Å². The van der Waals surface area contributed by atoms with Gasteiger partial charge in [-0.15, -0.1) is 0 Å². The summed E-state index contributed by atoms with van der Waals surface area (Å²) in [5.74, 6) is 0.904. The number of hydrogen-bond donors (Lipinski definition) is 1. The van der Waals surface area contributed by atoms with E-state index >= 15 is 0 Å². The molecule has 1 aliphatic heterocycles. The van der Waals surface area contributed by atoms with Gasteiger partial charge in [0, 0.05) is 10.6 Å². The van der Waals surface area contributed by atoms with Gasteiger partial charge in [-0.2, -0.15) is 5.26 Å². The van der Waals surface area contributed by atoms with Gasteiger partial charge < -0.3 is 10.5 Å². The highest BCUT2D eigenvalue weighted by molar-refractivity contribution is 6.30. The number of aryl methyl sites for hydroxylation is 2. The average molecular weight is 403 g/mol. The molecule has 4 rings (SSSR count). The molecule has 3 aliphatic rings. The predicted octanol–water partition coefficient (Wildman–Crippen LogP) is 6.40. The molecule has 1 heterocycles. The smallest absolute Gasteiger partial charge is 0.205 e. The number of halogens is 1. The number of nitrogens with zero attached hydrogens (tertiary/aromatic N) is 1. The van der Waals surface area contributed by atoms with Crippen molar-refractivity contribution in [2.75, 3.05) is 0 Å². The summed E-state index contributed by atoms with van der Waals surface area (Å²) in [7, 11) is 0. The summed E-state index contributed by atoms with van der Waals surface area (Å²) in [4.78, 5) is 0. The molecule has 0 saturated carbocycles. The molecule has 1 aromatic carbocycles. The number of hydrogen-bond acceptors (Lipinski definition) is 3. The van der Waals surface area contributed by atoms with Crippen molar-refractivity contribution in [3.63, 3.8) is 0 Å². The zero-order valence-corrected chi connectivity index (χ0v) is 17.8.